The summed E-state index contributed by atoms with van der Waals surface area (Å²) in [5, 5.41) is 7.36. The quantitative estimate of drug-likeness (QED) is 0.833. The van der Waals surface area contributed by atoms with Gasteiger partial charge in [0.1, 0.15) is 10.6 Å². The van der Waals surface area contributed by atoms with E-state index in [2.05, 4.69) is 5.16 Å². The van der Waals surface area contributed by atoms with Crippen molar-refractivity contribution in [3.05, 3.63) is 33.8 Å². The number of aryl methyl sites for hydroxylation is 2. The van der Waals surface area contributed by atoms with Crippen LogP contribution in [0.3, 0.4) is 0 Å². The SMILES string of the molecule is Cc1noc(C)c1S(=O)(=O)N1CCN(C(=O)c2ccsc2)CC1. The normalized spacial score (nSPS) is 16.7. The molecule has 0 atom stereocenters. The highest BCUT2D eigenvalue weighted by molar-refractivity contribution is 7.89. The highest BCUT2D eigenvalue weighted by atomic mass is 32.2. The van der Waals surface area contributed by atoms with Crippen molar-refractivity contribution in [3.63, 3.8) is 0 Å². The lowest BCUT2D eigenvalue weighted by Crippen LogP contribution is -2.50. The molecular formula is C14H17N3O4S2. The minimum atomic E-state index is -3.64. The summed E-state index contributed by atoms with van der Waals surface area (Å²) in [7, 11) is -3.64. The van der Waals surface area contributed by atoms with Gasteiger partial charge in [0.15, 0.2) is 5.76 Å². The second kappa shape index (κ2) is 6.06. The van der Waals surface area contributed by atoms with Crippen LogP contribution in [0.5, 0.6) is 0 Å². The van der Waals surface area contributed by atoms with Gasteiger partial charge < -0.3 is 9.42 Å². The molecule has 1 fully saturated rings. The third-order valence-electron chi connectivity index (χ3n) is 3.86. The lowest BCUT2D eigenvalue weighted by atomic mass is 10.2. The lowest BCUT2D eigenvalue weighted by molar-refractivity contribution is 0.0698. The first-order valence-corrected chi connectivity index (χ1v) is 9.54. The van der Waals surface area contributed by atoms with Crippen LogP contribution in [0.25, 0.3) is 0 Å². The Bertz CT molecular complexity index is 784. The van der Waals surface area contributed by atoms with Crippen molar-refractivity contribution in [2.24, 2.45) is 0 Å². The van der Waals surface area contributed by atoms with Crippen LogP contribution in [0, 0.1) is 13.8 Å². The van der Waals surface area contributed by atoms with Crippen LogP contribution in [0.4, 0.5) is 0 Å². The molecule has 0 unspecified atom stereocenters. The Kier molecular flexibility index (Phi) is 4.26. The van der Waals surface area contributed by atoms with Crippen LogP contribution in [0.15, 0.2) is 26.2 Å². The van der Waals surface area contributed by atoms with Crippen LogP contribution in [-0.2, 0) is 10.0 Å². The first-order chi connectivity index (χ1) is 10.9. The smallest absolute Gasteiger partial charge is 0.254 e. The summed E-state index contributed by atoms with van der Waals surface area (Å²) in [6.07, 6.45) is 0. The number of hydrogen-bond donors (Lipinski definition) is 0. The zero-order chi connectivity index (χ0) is 16.6. The van der Waals surface area contributed by atoms with Gasteiger partial charge in [-0.05, 0) is 25.3 Å². The van der Waals surface area contributed by atoms with Crippen molar-refractivity contribution in [2.75, 3.05) is 26.2 Å². The molecular weight excluding hydrogens is 338 g/mol. The van der Waals surface area contributed by atoms with E-state index in [9.17, 15) is 13.2 Å². The highest BCUT2D eigenvalue weighted by Gasteiger charge is 2.34. The molecule has 0 spiro atoms. The van der Waals surface area contributed by atoms with E-state index in [1.807, 2.05) is 5.38 Å². The fourth-order valence-electron chi connectivity index (χ4n) is 2.67. The summed E-state index contributed by atoms with van der Waals surface area (Å²) in [6.45, 7) is 4.47. The van der Waals surface area contributed by atoms with Gasteiger partial charge in [-0.25, -0.2) is 8.42 Å². The molecule has 2 aromatic heterocycles. The van der Waals surface area contributed by atoms with Crippen LogP contribution >= 0.6 is 11.3 Å². The van der Waals surface area contributed by atoms with Crippen molar-refractivity contribution in [3.8, 4) is 0 Å². The van der Waals surface area contributed by atoms with E-state index in [4.69, 9.17) is 4.52 Å². The number of piperazine rings is 1. The predicted octanol–water partition coefficient (Wildman–Crippen LogP) is 1.50. The second-order valence-corrected chi connectivity index (χ2v) is 8.02. The maximum atomic E-state index is 12.7. The Morgan fingerprint density at radius 3 is 2.48 bits per heavy atom. The Hall–Kier alpha value is -1.71. The molecule has 0 radical (unpaired) electrons. The molecule has 0 saturated carbocycles. The average Bonchev–Trinajstić information content (AvgIpc) is 3.17. The summed E-state index contributed by atoms with van der Waals surface area (Å²) in [5.74, 6) is 0.236. The van der Waals surface area contributed by atoms with Crippen molar-refractivity contribution in [1.29, 1.82) is 0 Å². The zero-order valence-corrected chi connectivity index (χ0v) is 14.5. The number of carbonyl (C=O) groups is 1. The minimum Gasteiger partial charge on any atom is -0.360 e. The molecule has 1 saturated heterocycles. The average molecular weight is 355 g/mol. The number of carbonyl (C=O) groups excluding carboxylic acids is 1. The largest absolute Gasteiger partial charge is 0.360 e. The molecule has 23 heavy (non-hydrogen) atoms. The number of sulfonamides is 1. The second-order valence-electron chi connectivity index (χ2n) is 5.36. The maximum absolute atomic E-state index is 12.7. The number of rotatable bonds is 3. The molecule has 1 amide bonds. The van der Waals surface area contributed by atoms with Crippen LogP contribution in [0.2, 0.25) is 0 Å². The first kappa shape index (κ1) is 16.2. The van der Waals surface area contributed by atoms with Gasteiger partial charge in [-0.15, -0.1) is 0 Å². The topological polar surface area (TPSA) is 83.7 Å². The van der Waals surface area contributed by atoms with E-state index < -0.39 is 10.0 Å². The van der Waals surface area contributed by atoms with Gasteiger partial charge in [-0.3, -0.25) is 4.79 Å². The van der Waals surface area contributed by atoms with E-state index in [1.54, 1.807) is 30.2 Å². The summed E-state index contributed by atoms with van der Waals surface area (Å²) in [4.78, 5) is 14.1. The van der Waals surface area contributed by atoms with Crippen molar-refractivity contribution >= 4 is 27.3 Å². The summed E-state index contributed by atoms with van der Waals surface area (Å²) in [6, 6.07) is 1.78. The van der Waals surface area contributed by atoms with Gasteiger partial charge >= 0.3 is 0 Å². The van der Waals surface area contributed by atoms with Gasteiger partial charge in [-0.2, -0.15) is 15.6 Å². The molecule has 9 heteroatoms. The molecule has 0 bridgehead atoms. The Balaban J connectivity index is 1.73. The Labute approximate surface area is 138 Å². The predicted molar refractivity (Wildman–Crippen MR) is 85.0 cm³/mol. The molecule has 7 nitrogen and oxygen atoms in total. The van der Waals surface area contributed by atoms with Crippen molar-refractivity contribution in [1.82, 2.24) is 14.4 Å². The first-order valence-electron chi connectivity index (χ1n) is 7.16. The van der Waals surface area contributed by atoms with Crippen LogP contribution in [0.1, 0.15) is 21.8 Å². The molecule has 2 aromatic rings. The maximum Gasteiger partial charge on any atom is 0.254 e. The zero-order valence-electron chi connectivity index (χ0n) is 12.9. The van der Waals surface area contributed by atoms with Crippen molar-refractivity contribution < 1.29 is 17.7 Å². The minimum absolute atomic E-state index is 0.0550. The van der Waals surface area contributed by atoms with Crippen molar-refractivity contribution in [2.45, 2.75) is 18.7 Å². The molecule has 0 N–H and O–H groups in total. The van der Waals surface area contributed by atoms with Gasteiger partial charge in [-0.1, -0.05) is 5.16 Å². The lowest BCUT2D eigenvalue weighted by Gasteiger charge is -2.33. The fourth-order valence-corrected chi connectivity index (χ4v) is 5.02. The monoisotopic (exact) mass is 355 g/mol. The van der Waals surface area contributed by atoms with Gasteiger partial charge in [0, 0.05) is 31.6 Å². The standard InChI is InChI=1S/C14H17N3O4S2/c1-10-13(11(2)21-15-10)23(19,20)17-6-4-16(5-7-17)14(18)12-3-8-22-9-12/h3,8-9H,4-7H2,1-2H3. The fraction of sp³-hybridized carbons (Fsp3) is 0.429. The third-order valence-corrected chi connectivity index (χ3v) is 6.69. The van der Waals surface area contributed by atoms with Crippen LogP contribution < -0.4 is 0 Å². The molecule has 0 aromatic carbocycles. The van der Waals surface area contributed by atoms with Gasteiger partial charge in [0.25, 0.3) is 5.91 Å². The van der Waals surface area contributed by atoms with Crippen LogP contribution in [-0.4, -0.2) is 54.9 Å². The van der Waals surface area contributed by atoms with Gasteiger partial charge in [0.2, 0.25) is 10.0 Å². The Morgan fingerprint density at radius 2 is 1.96 bits per heavy atom. The highest BCUT2D eigenvalue weighted by Crippen LogP contribution is 2.24. The van der Waals surface area contributed by atoms with E-state index in [0.29, 0.717) is 30.1 Å². The van der Waals surface area contributed by atoms with E-state index in [1.165, 1.54) is 15.6 Å². The number of amides is 1. The van der Waals surface area contributed by atoms with E-state index in [0.717, 1.165) is 0 Å². The number of aromatic nitrogens is 1. The number of thiophene rings is 1. The third kappa shape index (κ3) is 2.91. The summed E-state index contributed by atoms with van der Waals surface area (Å²) in [5.41, 5.74) is 1.01. The molecule has 1 aliphatic heterocycles. The van der Waals surface area contributed by atoms with Gasteiger partial charge in [0.05, 0.1) is 5.56 Å². The molecule has 0 aliphatic carbocycles. The summed E-state index contributed by atoms with van der Waals surface area (Å²) >= 11 is 1.47. The Morgan fingerprint density at radius 1 is 1.26 bits per heavy atom. The van der Waals surface area contributed by atoms with E-state index in [-0.39, 0.29) is 23.9 Å². The number of nitrogens with zero attached hydrogens (tertiary/aromatic N) is 3. The number of hydrogen-bond acceptors (Lipinski definition) is 6. The molecule has 3 heterocycles. The van der Waals surface area contributed by atoms with E-state index >= 15 is 0 Å². The molecule has 3 rings (SSSR count). The molecule has 124 valence electrons. The molecule has 1 aliphatic rings. The summed E-state index contributed by atoms with van der Waals surface area (Å²) < 4.78 is 31.8.